The predicted octanol–water partition coefficient (Wildman–Crippen LogP) is 2.52. The minimum atomic E-state index is -0.193. The number of aromatic nitrogens is 2. The Bertz CT molecular complexity index is 1150. The molecule has 0 atom stereocenters. The second-order valence-electron chi connectivity index (χ2n) is 7.90. The highest BCUT2D eigenvalue weighted by Gasteiger charge is 2.26. The van der Waals surface area contributed by atoms with Gasteiger partial charge >= 0.3 is 0 Å². The molecular formula is C24H28N4O4. The van der Waals surface area contributed by atoms with Crippen molar-refractivity contribution in [2.75, 3.05) is 38.8 Å². The van der Waals surface area contributed by atoms with E-state index in [1.54, 1.807) is 14.2 Å². The zero-order valence-electron chi connectivity index (χ0n) is 18.4. The van der Waals surface area contributed by atoms with Gasteiger partial charge in [0.05, 0.1) is 25.3 Å². The van der Waals surface area contributed by atoms with Gasteiger partial charge in [-0.2, -0.15) is 0 Å². The molecule has 1 saturated heterocycles. The number of para-hydroxylation sites is 2. The summed E-state index contributed by atoms with van der Waals surface area (Å²) >= 11 is 0. The van der Waals surface area contributed by atoms with E-state index in [1.165, 1.54) is 0 Å². The molecule has 8 heteroatoms. The van der Waals surface area contributed by atoms with Crippen LogP contribution < -0.4 is 25.2 Å². The van der Waals surface area contributed by atoms with Gasteiger partial charge in [-0.15, -0.1) is 0 Å². The van der Waals surface area contributed by atoms with E-state index in [0.29, 0.717) is 56.2 Å². The first-order valence-corrected chi connectivity index (χ1v) is 10.8. The van der Waals surface area contributed by atoms with Crippen LogP contribution in [0.2, 0.25) is 0 Å². The van der Waals surface area contributed by atoms with Crippen LogP contribution in [0.1, 0.15) is 18.4 Å². The number of H-pyrrole nitrogens is 1. The second-order valence-corrected chi connectivity index (χ2v) is 7.90. The van der Waals surface area contributed by atoms with E-state index in [2.05, 4.69) is 15.3 Å². The molecule has 2 aromatic carbocycles. The molecule has 8 nitrogen and oxygen atoms in total. The summed E-state index contributed by atoms with van der Waals surface area (Å²) in [6.45, 7) is 1.81. The highest BCUT2D eigenvalue weighted by Crippen LogP contribution is 2.27. The number of hydrogen-bond donors (Lipinski definition) is 2. The third kappa shape index (κ3) is 4.69. The van der Waals surface area contributed by atoms with Gasteiger partial charge in [0.15, 0.2) is 17.3 Å². The van der Waals surface area contributed by atoms with E-state index in [1.807, 2.05) is 47.4 Å². The number of aromatic amines is 1. The fourth-order valence-corrected chi connectivity index (χ4v) is 4.10. The van der Waals surface area contributed by atoms with E-state index < -0.39 is 0 Å². The molecule has 0 radical (unpaired) electrons. The molecule has 1 fully saturated rings. The van der Waals surface area contributed by atoms with E-state index in [0.717, 1.165) is 16.6 Å². The lowest BCUT2D eigenvalue weighted by molar-refractivity contribution is -0.125. The van der Waals surface area contributed by atoms with Gasteiger partial charge in [-0.1, -0.05) is 18.2 Å². The van der Waals surface area contributed by atoms with Gasteiger partial charge in [-0.05, 0) is 49.1 Å². The molecule has 0 saturated carbocycles. The zero-order chi connectivity index (χ0) is 22.5. The maximum absolute atomic E-state index is 12.6. The molecule has 168 valence electrons. The molecule has 0 spiro atoms. The van der Waals surface area contributed by atoms with Gasteiger partial charge in [-0.25, -0.2) is 4.98 Å². The van der Waals surface area contributed by atoms with Crippen molar-refractivity contribution < 1.29 is 14.3 Å². The van der Waals surface area contributed by atoms with Crippen LogP contribution in [0, 0.1) is 5.92 Å². The average Bonchev–Trinajstić information content (AvgIpc) is 2.83. The number of rotatable bonds is 7. The highest BCUT2D eigenvalue weighted by atomic mass is 16.5. The molecule has 2 N–H and O–H groups in total. The third-order valence-corrected chi connectivity index (χ3v) is 5.91. The summed E-state index contributed by atoms with van der Waals surface area (Å²) in [6.07, 6.45) is 2.09. The van der Waals surface area contributed by atoms with Gasteiger partial charge in [-0.3, -0.25) is 9.59 Å². The lowest BCUT2D eigenvalue weighted by atomic mass is 9.96. The Morgan fingerprint density at radius 1 is 1.12 bits per heavy atom. The van der Waals surface area contributed by atoms with Crippen LogP contribution in [0.3, 0.4) is 0 Å². The van der Waals surface area contributed by atoms with Gasteiger partial charge < -0.3 is 24.7 Å². The number of carbonyl (C=O) groups is 1. The summed E-state index contributed by atoms with van der Waals surface area (Å²) in [5.41, 5.74) is 2.36. The van der Waals surface area contributed by atoms with E-state index in [4.69, 9.17) is 9.47 Å². The van der Waals surface area contributed by atoms with Crippen molar-refractivity contribution in [1.82, 2.24) is 15.3 Å². The molecule has 1 amide bonds. The molecule has 32 heavy (non-hydrogen) atoms. The number of methoxy groups -OCH3 is 2. The van der Waals surface area contributed by atoms with Crippen LogP contribution >= 0.6 is 0 Å². The van der Waals surface area contributed by atoms with Gasteiger partial charge in [0, 0.05) is 25.6 Å². The first-order valence-electron chi connectivity index (χ1n) is 10.8. The molecule has 1 aliphatic rings. The number of nitrogens with one attached hydrogen (secondary N) is 2. The first kappa shape index (κ1) is 21.7. The minimum absolute atomic E-state index is 0.0591. The Kier molecular flexibility index (Phi) is 6.58. The maximum Gasteiger partial charge on any atom is 0.291 e. The first-order chi connectivity index (χ1) is 15.6. The highest BCUT2D eigenvalue weighted by molar-refractivity contribution is 5.79. The molecule has 3 aromatic rings. The normalized spacial score (nSPS) is 14.4. The molecular weight excluding hydrogens is 408 g/mol. The number of piperidine rings is 1. The topological polar surface area (TPSA) is 96.5 Å². The number of amides is 1. The number of nitrogens with zero attached hydrogens (tertiary/aromatic N) is 2. The monoisotopic (exact) mass is 436 g/mol. The van der Waals surface area contributed by atoms with Crippen molar-refractivity contribution in [2.45, 2.75) is 19.3 Å². The Balaban J connectivity index is 1.29. The summed E-state index contributed by atoms with van der Waals surface area (Å²) in [4.78, 5) is 34.5. The fraction of sp³-hybridized carbons (Fsp3) is 0.375. The van der Waals surface area contributed by atoms with E-state index >= 15 is 0 Å². The zero-order valence-corrected chi connectivity index (χ0v) is 18.4. The quantitative estimate of drug-likeness (QED) is 0.591. The number of fused-ring (bicyclic) bond motifs is 1. The largest absolute Gasteiger partial charge is 0.493 e. The standard InChI is InChI=1S/C24H28N4O4/c1-31-20-8-7-16(15-21(20)32-2)9-12-25-23(29)17-10-13-28(14-11-17)22-24(30)27-19-6-4-3-5-18(19)26-22/h3-8,15,17H,9-14H2,1-2H3,(H,25,29)(H,27,30). The Morgan fingerprint density at radius 3 is 2.62 bits per heavy atom. The van der Waals surface area contributed by atoms with Gasteiger partial charge in [0.25, 0.3) is 5.56 Å². The van der Waals surface area contributed by atoms with Gasteiger partial charge in [0.2, 0.25) is 5.91 Å². The van der Waals surface area contributed by atoms with Crippen molar-refractivity contribution in [2.24, 2.45) is 5.92 Å². The molecule has 2 heterocycles. The second kappa shape index (κ2) is 9.72. The molecule has 0 bridgehead atoms. The number of anilines is 1. The lowest BCUT2D eigenvalue weighted by Crippen LogP contribution is -2.42. The third-order valence-electron chi connectivity index (χ3n) is 5.91. The van der Waals surface area contributed by atoms with Crippen LogP contribution in [0.25, 0.3) is 11.0 Å². The summed E-state index contributed by atoms with van der Waals surface area (Å²) in [6, 6.07) is 13.3. The van der Waals surface area contributed by atoms with E-state index in [-0.39, 0.29) is 17.4 Å². The Hall–Kier alpha value is -3.55. The maximum atomic E-state index is 12.6. The number of carbonyl (C=O) groups excluding carboxylic acids is 1. The Morgan fingerprint density at radius 2 is 1.88 bits per heavy atom. The van der Waals surface area contributed by atoms with Crippen molar-refractivity contribution in [3.8, 4) is 11.5 Å². The summed E-state index contributed by atoms with van der Waals surface area (Å²) in [5, 5.41) is 3.04. The van der Waals surface area contributed by atoms with Crippen molar-refractivity contribution in [1.29, 1.82) is 0 Å². The SMILES string of the molecule is COc1ccc(CCNC(=O)C2CCN(c3nc4ccccc4[nH]c3=O)CC2)cc1OC. The lowest BCUT2D eigenvalue weighted by Gasteiger charge is -2.31. The van der Waals surface area contributed by atoms with Crippen molar-refractivity contribution in [3.05, 3.63) is 58.4 Å². The average molecular weight is 437 g/mol. The van der Waals surface area contributed by atoms with Gasteiger partial charge in [0.1, 0.15) is 0 Å². The van der Waals surface area contributed by atoms with Crippen LogP contribution in [0.4, 0.5) is 5.82 Å². The van der Waals surface area contributed by atoms with E-state index in [9.17, 15) is 9.59 Å². The number of ether oxygens (including phenoxy) is 2. The minimum Gasteiger partial charge on any atom is -0.493 e. The van der Waals surface area contributed by atoms with Crippen LogP contribution in [0.15, 0.2) is 47.3 Å². The summed E-state index contributed by atoms with van der Waals surface area (Å²) in [7, 11) is 3.21. The van der Waals surface area contributed by atoms with Crippen molar-refractivity contribution >= 4 is 22.8 Å². The molecule has 4 rings (SSSR count). The summed E-state index contributed by atoms with van der Waals surface area (Å²) < 4.78 is 10.6. The Labute approximate surface area is 186 Å². The van der Waals surface area contributed by atoms with Crippen molar-refractivity contribution in [3.63, 3.8) is 0 Å². The summed E-state index contributed by atoms with van der Waals surface area (Å²) in [5.74, 6) is 1.80. The fourth-order valence-electron chi connectivity index (χ4n) is 4.10. The number of hydrogen-bond acceptors (Lipinski definition) is 6. The molecule has 0 aliphatic carbocycles. The predicted molar refractivity (Wildman–Crippen MR) is 124 cm³/mol. The van der Waals surface area contributed by atoms with Crippen LogP contribution in [-0.4, -0.2) is 49.7 Å². The molecule has 1 aliphatic heterocycles. The van der Waals surface area contributed by atoms with Crippen LogP contribution in [-0.2, 0) is 11.2 Å². The smallest absolute Gasteiger partial charge is 0.291 e. The number of benzene rings is 2. The van der Waals surface area contributed by atoms with Crippen LogP contribution in [0.5, 0.6) is 11.5 Å². The molecule has 0 unspecified atom stereocenters. The molecule has 1 aromatic heterocycles.